The molecule has 0 spiro atoms. The van der Waals surface area contributed by atoms with Gasteiger partial charge in [0.1, 0.15) is 13.2 Å². The maximum Gasteiger partial charge on any atom is 0.306 e. The van der Waals surface area contributed by atoms with E-state index in [9.17, 15) is 14.4 Å². The molecule has 0 N–H and O–H groups in total. The lowest BCUT2D eigenvalue weighted by Gasteiger charge is -2.18. The van der Waals surface area contributed by atoms with Crippen molar-refractivity contribution in [2.45, 2.75) is 316 Å². The Hall–Kier alpha value is -2.63. The molecule has 0 amide bonds. The second-order valence-corrected chi connectivity index (χ2v) is 19.9. The van der Waals surface area contributed by atoms with Gasteiger partial charge in [-0.1, -0.05) is 262 Å². The SMILES string of the molecule is CC/C=C\C/C=C\C/C=C\CCCCCCCCCC(=O)OC(COC(=O)CCCCCCCCCC)COC(=O)CCCCCCCCCCCCCCC/C=C\CCCCCCCCCC. The number of carbonyl (C=O) groups is 3. The van der Waals surface area contributed by atoms with E-state index in [1.165, 1.54) is 186 Å². The zero-order valence-electron chi connectivity index (χ0n) is 45.4. The summed E-state index contributed by atoms with van der Waals surface area (Å²) in [5.74, 6) is -0.876. The molecular formula is C62H112O6. The Kier molecular flexibility index (Phi) is 54.8. The van der Waals surface area contributed by atoms with Gasteiger partial charge in [-0.2, -0.15) is 0 Å². The summed E-state index contributed by atoms with van der Waals surface area (Å²) in [6.07, 6.45) is 69.9. The van der Waals surface area contributed by atoms with E-state index in [0.29, 0.717) is 19.3 Å². The Balaban J connectivity index is 4.15. The Bertz CT molecular complexity index is 1190. The molecule has 0 heterocycles. The lowest BCUT2D eigenvalue weighted by atomic mass is 10.0. The van der Waals surface area contributed by atoms with Gasteiger partial charge in [-0.25, -0.2) is 0 Å². The summed E-state index contributed by atoms with van der Waals surface area (Å²) in [5.41, 5.74) is 0. The van der Waals surface area contributed by atoms with Crippen LogP contribution < -0.4 is 0 Å². The van der Waals surface area contributed by atoms with Crippen molar-refractivity contribution in [3.8, 4) is 0 Å². The van der Waals surface area contributed by atoms with Crippen molar-refractivity contribution in [2.75, 3.05) is 13.2 Å². The predicted molar refractivity (Wildman–Crippen MR) is 293 cm³/mol. The zero-order chi connectivity index (χ0) is 49.3. The van der Waals surface area contributed by atoms with Crippen LogP contribution in [0, 0.1) is 0 Å². The number of hydrogen-bond donors (Lipinski definition) is 0. The summed E-state index contributed by atoms with van der Waals surface area (Å²) < 4.78 is 16.8. The summed E-state index contributed by atoms with van der Waals surface area (Å²) in [6, 6.07) is 0. The van der Waals surface area contributed by atoms with Crippen LogP contribution in [0.5, 0.6) is 0 Å². The molecule has 0 saturated carbocycles. The molecule has 68 heavy (non-hydrogen) atoms. The van der Waals surface area contributed by atoms with Gasteiger partial charge in [-0.15, -0.1) is 0 Å². The van der Waals surface area contributed by atoms with E-state index in [4.69, 9.17) is 14.2 Å². The van der Waals surface area contributed by atoms with E-state index in [1.807, 2.05) is 0 Å². The van der Waals surface area contributed by atoms with Crippen LogP contribution in [-0.2, 0) is 28.6 Å². The quantitative estimate of drug-likeness (QED) is 0.0262. The maximum atomic E-state index is 12.8. The van der Waals surface area contributed by atoms with Crippen LogP contribution >= 0.6 is 0 Å². The van der Waals surface area contributed by atoms with Gasteiger partial charge in [0.2, 0.25) is 0 Å². The number of esters is 3. The molecule has 0 aliphatic heterocycles. The van der Waals surface area contributed by atoms with Crippen LogP contribution in [0.25, 0.3) is 0 Å². The lowest BCUT2D eigenvalue weighted by molar-refractivity contribution is -0.167. The van der Waals surface area contributed by atoms with Gasteiger partial charge in [0, 0.05) is 19.3 Å². The highest BCUT2D eigenvalue weighted by atomic mass is 16.6. The normalized spacial score (nSPS) is 12.3. The first-order chi connectivity index (χ1) is 33.5. The molecule has 1 atom stereocenters. The molecule has 0 bridgehead atoms. The largest absolute Gasteiger partial charge is 0.462 e. The second-order valence-electron chi connectivity index (χ2n) is 19.9. The van der Waals surface area contributed by atoms with Crippen molar-refractivity contribution in [1.29, 1.82) is 0 Å². The van der Waals surface area contributed by atoms with E-state index in [0.717, 1.165) is 83.5 Å². The third kappa shape index (κ3) is 54.3. The fourth-order valence-electron chi connectivity index (χ4n) is 8.63. The molecule has 0 aliphatic carbocycles. The van der Waals surface area contributed by atoms with Crippen LogP contribution in [0.1, 0.15) is 310 Å². The Morgan fingerprint density at radius 1 is 0.309 bits per heavy atom. The number of ether oxygens (including phenoxy) is 3. The molecule has 0 aromatic rings. The van der Waals surface area contributed by atoms with Gasteiger partial charge in [-0.05, 0) is 77.0 Å². The summed E-state index contributed by atoms with van der Waals surface area (Å²) >= 11 is 0. The average Bonchev–Trinajstić information content (AvgIpc) is 3.34. The summed E-state index contributed by atoms with van der Waals surface area (Å²) in [6.45, 7) is 6.52. The van der Waals surface area contributed by atoms with Crippen LogP contribution in [0.15, 0.2) is 48.6 Å². The van der Waals surface area contributed by atoms with Crippen LogP contribution in [-0.4, -0.2) is 37.2 Å². The number of allylic oxidation sites excluding steroid dienone is 8. The van der Waals surface area contributed by atoms with E-state index < -0.39 is 6.10 Å². The summed E-state index contributed by atoms with van der Waals surface area (Å²) in [4.78, 5) is 38.0. The highest BCUT2D eigenvalue weighted by molar-refractivity contribution is 5.71. The summed E-state index contributed by atoms with van der Waals surface area (Å²) in [7, 11) is 0. The maximum absolute atomic E-state index is 12.8. The Morgan fingerprint density at radius 2 is 0.574 bits per heavy atom. The molecule has 0 aromatic carbocycles. The summed E-state index contributed by atoms with van der Waals surface area (Å²) in [5, 5.41) is 0. The minimum atomic E-state index is -0.775. The first-order valence-corrected chi connectivity index (χ1v) is 29.6. The van der Waals surface area contributed by atoms with Gasteiger partial charge in [-0.3, -0.25) is 14.4 Å². The monoisotopic (exact) mass is 953 g/mol. The van der Waals surface area contributed by atoms with Crippen molar-refractivity contribution in [1.82, 2.24) is 0 Å². The Labute approximate surface area is 422 Å². The minimum absolute atomic E-state index is 0.0745. The molecule has 396 valence electrons. The molecule has 0 rings (SSSR count). The topological polar surface area (TPSA) is 78.9 Å². The predicted octanol–water partition coefficient (Wildman–Crippen LogP) is 19.8. The van der Waals surface area contributed by atoms with E-state index >= 15 is 0 Å². The lowest BCUT2D eigenvalue weighted by Crippen LogP contribution is -2.30. The molecule has 0 aliphatic rings. The van der Waals surface area contributed by atoms with E-state index in [1.54, 1.807) is 0 Å². The van der Waals surface area contributed by atoms with Gasteiger partial charge in [0.05, 0.1) is 0 Å². The third-order valence-electron chi connectivity index (χ3n) is 13.1. The van der Waals surface area contributed by atoms with Crippen LogP contribution in [0.3, 0.4) is 0 Å². The van der Waals surface area contributed by atoms with Crippen molar-refractivity contribution in [3.05, 3.63) is 48.6 Å². The first-order valence-electron chi connectivity index (χ1n) is 29.6. The number of unbranched alkanes of at least 4 members (excludes halogenated alkanes) is 35. The molecule has 6 heteroatoms. The molecular weight excluding hydrogens is 841 g/mol. The second kappa shape index (κ2) is 57.0. The van der Waals surface area contributed by atoms with Crippen molar-refractivity contribution >= 4 is 17.9 Å². The molecule has 6 nitrogen and oxygen atoms in total. The van der Waals surface area contributed by atoms with Gasteiger partial charge in [0.15, 0.2) is 6.10 Å². The fraction of sp³-hybridized carbons (Fsp3) is 0.823. The van der Waals surface area contributed by atoms with Crippen molar-refractivity contribution in [3.63, 3.8) is 0 Å². The number of rotatable bonds is 54. The highest BCUT2D eigenvalue weighted by Crippen LogP contribution is 2.16. The molecule has 0 aromatic heterocycles. The standard InChI is InChI=1S/C62H112O6/c1-4-7-10-13-16-19-21-23-25-27-28-29-30-31-32-33-34-36-37-39-41-43-46-49-52-55-61(64)67-58-59(57-66-60(63)54-51-48-45-18-15-12-9-6-3)68-62(65)56-53-50-47-44-42-40-38-35-26-24-22-20-17-14-11-8-5-2/h8,11,17,20,24,26-28,59H,4-7,9-10,12-16,18-19,21-23,25,29-58H2,1-3H3/b11-8-,20-17-,26-24-,28-27-. The highest BCUT2D eigenvalue weighted by Gasteiger charge is 2.19. The fourth-order valence-corrected chi connectivity index (χ4v) is 8.63. The average molecular weight is 954 g/mol. The number of hydrogen-bond acceptors (Lipinski definition) is 6. The van der Waals surface area contributed by atoms with Crippen molar-refractivity contribution in [2.24, 2.45) is 0 Å². The van der Waals surface area contributed by atoms with Gasteiger partial charge in [0.25, 0.3) is 0 Å². The van der Waals surface area contributed by atoms with Crippen LogP contribution in [0.4, 0.5) is 0 Å². The first kappa shape index (κ1) is 65.4. The zero-order valence-corrected chi connectivity index (χ0v) is 45.4. The van der Waals surface area contributed by atoms with E-state index in [-0.39, 0.29) is 31.1 Å². The van der Waals surface area contributed by atoms with Gasteiger partial charge < -0.3 is 14.2 Å². The molecule has 0 fully saturated rings. The van der Waals surface area contributed by atoms with E-state index in [2.05, 4.69) is 69.4 Å². The third-order valence-corrected chi connectivity index (χ3v) is 13.1. The molecule has 1 unspecified atom stereocenters. The number of carbonyl (C=O) groups excluding carboxylic acids is 3. The van der Waals surface area contributed by atoms with Crippen LogP contribution in [0.2, 0.25) is 0 Å². The van der Waals surface area contributed by atoms with Crippen molar-refractivity contribution < 1.29 is 28.6 Å². The minimum Gasteiger partial charge on any atom is -0.462 e. The molecule has 0 radical (unpaired) electrons. The Morgan fingerprint density at radius 3 is 0.912 bits per heavy atom. The molecule has 0 saturated heterocycles. The smallest absolute Gasteiger partial charge is 0.306 e. The van der Waals surface area contributed by atoms with Gasteiger partial charge >= 0.3 is 17.9 Å².